The normalized spacial score (nSPS) is 19.3. The van der Waals surface area contributed by atoms with Crippen molar-refractivity contribution in [1.82, 2.24) is 0 Å². The fraction of sp³-hybridized carbons (Fsp3) is 0.375. The Morgan fingerprint density at radius 1 is 1.00 bits per heavy atom. The molecule has 0 aliphatic heterocycles. The Hall–Kier alpha value is -0.850. The Morgan fingerprint density at radius 3 is 2.11 bits per heavy atom. The molecule has 0 atom stereocenters. The molecular formula is C8H10O. The van der Waals surface area contributed by atoms with Crippen molar-refractivity contribution in [2.75, 3.05) is 0 Å². The van der Waals surface area contributed by atoms with Crippen LogP contribution >= 0.6 is 0 Å². The highest BCUT2D eigenvalue weighted by atomic mass is 16.1. The standard InChI is InChI=1S/C8H10O/c9-8-6-4-2-1-3-5-7-8/h2-5H,1,6-7H2. The summed E-state index contributed by atoms with van der Waals surface area (Å²) in [6.45, 7) is 0. The predicted molar refractivity (Wildman–Crippen MR) is 37.1 cm³/mol. The number of ketones is 1. The molecule has 1 rings (SSSR count). The highest BCUT2D eigenvalue weighted by Crippen LogP contribution is 1.99. The summed E-state index contributed by atoms with van der Waals surface area (Å²) in [5, 5.41) is 0. The summed E-state index contributed by atoms with van der Waals surface area (Å²) in [6, 6.07) is 0. The van der Waals surface area contributed by atoms with Gasteiger partial charge in [-0.2, -0.15) is 0 Å². The summed E-state index contributed by atoms with van der Waals surface area (Å²) in [6.07, 6.45) is 10.1. The predicted octanol–water partition coefficient (Wildman–Crippen LogP) is 1.85. The van der Waals surface area contributed by atoms with Crippen molar-refractivity contribution in [3.05, 3.63) is 24.3 Å². The average Bonchev–Trinajstić information content (AvgIpc) is 1.79. The number of hydrogen-bond donors (Lipinski definition) is 0. The average molecular weight is 122 g/mol. The smallest absolute Gasteiger partial charge is 0.140 e. The minimum atomic E-state index is 0.308. The van der Waals surface area contributed by atoms with E-state index in [9.17, 15) is 4.79 Å². The molecular weight excluding hydrogens is 112 g/mol. The second-order valence-corrected chi connectivity index (χ2v) is 2.13. The lowest BCUT2D eigenvalue weighted by Gasteiger charge is -1.93. The fourth-order valence-corrected chi connectivity index (χ4v) is 0.784. The minimum absolute atomic E-state index is 0.308. The van der Waals surface area contributed by atoms with Crippen LogP contribution in [0.5, 0.6) is 0 Å². The number of hydrogen-bond acceptors (Lipinski definition) is 1. The summed E-state index contributed by atoms with van der Waals surface area (Å²) in [4.78, 5) is 10.7. The molecule has 1 aliphatic carbocycles. The van der Waals surface area contributed by atoms with Gasteiger partial charge in [-0.05, 0) is 6.42 Å². The second kappa shape index (κ2) is 3.23. The Bertz CT molecular complexity index is 138. The number of Topliss-reactive ketones (excluding diaryl/α,β-unsaturated/α-hetero) is 1. The van der Waals surface area contributed by atoms with Crippen LogP contribution in [0.3, 0.4) is 0 Å². The van der Waals surface area contributed by atoms with E-state index in [-0.39, 0.29) is 0 Å². The highest BCUT2D eigenvalue weighted by Gasteiger charge is 1.95. The number of carbonyl (C=O) groups excluding carboxylic acids is 1. The third-order valence-corrected chi connectivity index (χ3v) is 1.30. The van der Waals surface area contributed by atoms with Crippen LogP contribution in [0.4, 0.5) is 0 Å². The summed E-state index contributed by atoms with van der Waals surface area (Å²) in [5.41, 5.74) is 0. The van der Waals surface area contributed by atoms with E-state index in [1.54, 1.807) is 0 Å². The van der Waals surface area contributed by atoms with Gasteiger partial charge in [0, 0.05) is 12.8 Å². The van der Waals surface area contributed by atoms with Gasteiger partial charge in [0.05, 0.1) is 0 Å². The van der Waals surface area contributed by atoms with Gasteiger partial charge >= 0.3 is 0 Å². The molecule has 0 aromatic carbocycles. The summed E-state index contributed by atoms with van der Waals surface area (Å²) in [5.74, 6) is 0.308. The van der Waals surface area contributed by atoms with Crippen LogP contribution in [-0.4, -0.2) is 5.78 Å². The molecule has 0 fully saturated rings. The van der Waals surface area contributed by atoms with Crippen LogP contribution in [0, 0.1) is 0 Å². The maximum atomic E-state index is 10.7. The molecule has 0 amide bonds. The molecule has 0 bridgehead atoms. The van der Waals surface area contributed by atoms with Crippen LogP contribution in [-0.2, 0) is 4.79 Å². The third-order valence-electron chi connectivity index (χ3n) is 1.30. The van der Waals surface area contributed by atoms with E-state index in [1.807, 2.05) is 24.3 Å². The third kappa shape index (κ3) is 2.27. The van der Waals surface area contributed by atoms with Crippen molar-refractivity contribution >= 4 is 5.78 Å². The molecule has 0 unspecified atom stereocenters. The van der Waals surface area contributed by atoms with Crippen LogP contribution in [0.15, 0.2) is 24.3 Å². The van der Waals surface area contributed by atoms with E-state index in [1.165, 1.54) is 0 Å². The molecule has 0 saturated heterocycles. The number of allylic oxidation sites excluding steroid dienone is 4. The Morgan fingerprint density at radius 2 is 1.56 bits per heavy atom. The van der Waals surface area contributed by atoms with Gasteiger partial charge in [-0.15, -0.1) is 0 Å². The van der Waals surface area contributed by atoms with Gasteiger partial charge in [0.15, 0.2) is 0 Å². The van der Waals surface area contributed by atoms with Gasteiger partial charge in [-0.3, -0.25) is 4.79 Å². The summed E-state index contributed by atoms with van der Waals surface area (Å²) in [7, 11) is 0. The number of rotatable bonds is 0. The van der Waals surface area contributed by atoms with Gasteiger partial charge in [0.1, 0.15) is 5.78 Å². The SMILES string of the molecule is O=C1CC=CCC=CC1. The fourth-order valence-electron chi connectivity index (χ4n) is 0.784. The largest absolute Gasteiger partial charge is 0.299 e. The second-order valence-electron chi connectivity index (χ2n) is 2.13. The zero-order chi connectivity index (χ0) is 6.53. The van der Waals surface area contributed by atoms with Crippen molar-refractivity contribution in [3.63, 3.8) is 0 Å². The van der Waals surface area contributed by atoms with E-state index in [4.69, 9.17) is 0 Å². The molecule has 0 saturated carbocycles. The van der Waals surface area contributed by atoms with E-state index in [0.29, 0.717) is 18.6 Å². The zero-order valence-corrected chi connectivity index (χ0v) is 5.34. The Kier molecular flexibility index (Phi) is 2.25. The minimum Gasteiger partial charge on any atom is -0.299 e. The monoisotopic (exact) mass is 122 g/mol. The van der Waals surface area contributed by atoms with Gasteiger partial charge in [0.25, 0.3) is 0 Å². The quantitative estimate of drug-likeness (QED) is 0.448. The molecule has 0 aromatic heterocycles. The first-order valence-corrected chi connectivity index (χ1v) is 3.21. The van der Waals surface area contributed by atoms with Gasteiger partial charge in [0.2, 0.25) is 0 Å². The molecule has 48 valence electrons. The first-order chi connectivity index (χ1) is 4.39. The lowest BCUT2D eigenvalue weighted by molar-refractivity contribution is -0.117. The molecule has 1 nitrogen and oxygen atoms in total. The topological polar surface area (TPSA) is 17.1 Å². The first kappa shape index (κ1) is 6.27. The van der Waals surface area contributed by atoms with Gasteiger partial charge in [-0.25, -0.2) is 0 Å². The van der Waals surface area contributed by atoms with Gasteiger partial charge in [-0.1, -0.05) is 24.3 Å². The zero-order valence-electron chi connectivity index (χ0n) is 5.34. The lowest BCUT2D eigenvalue weighted by Crippen LogP contribution is -1.93. The van der Waals surface area contributed by atoms with E-state index in [0.717, 1.165) is 6.42 Å². The summed E-state index contributed by atoms with van der Waals surface area (Å²) < 4.78 is 0. The van der Waals surface area contributed by atoms with Crippen LogP contribution in [0.2, 0.25) is 0 Å². The van der Waals surface area contributed by atoms with Crippen molar-refractivity contribution < 1.29 is 4.79 Å². The molecule has 0 radical (unpaired) electrons. The Labute approximate surface area is 55.1 Å². The molecule has 0 aromatic rings. The van der Waals surface area contributed by atoms with E-state index >= 15 is 0 Å². The van der Waals surface area contributed by atoms with E-state index < -0.39 is 0 Å². The van der Waals surface area contributed by atoms with Crippen molar-refractivity contribution in [2.45, 2.75) is 19.3 Å². The van der Waals surface area contributed by atoms with Crippen molar-refractivity contribution in [2.24, 2.45) is 0 Å². The molecule has 0 spiro atoms. The molecule has 0 heterocycles. The summed E-state index contributed by atoms with van der Waals surface area (Å²) >= 11 is 0. The van der Waals surface area contributed by atoms with Crippen molar-refractivity contribution in [3.8, 4) is 0 Å². The van der Waals surface area contributed by atoms with E-state index in [2.05, 4.69) is 0 Å². The number of carbonyl (C=O) groups is 1. The maximum absolute atomic E-state index is 10.7. The lowest BCUT2D eigenvalue weighted by atomic mass is 10.1. The maximum Gasteiger partial charge on any atom is 0.140 e. The van der Waals surface area contributed by atoms with Crippen molar-refractivity contribution in [1.29, 1.82) is 0 Å². The Balaban J connectivity index is 2.50. The first-order valence-electron chi connectivity index (χ1n) is 3.21. The van der Waals surface area contributed by atoms with Gasteiger partial charge < -0.3 is 0 Å². The molecule has 1 aliphatic rings. The molecule has 0 N–H and O–H groups in total. The van der Waals surface area contributed by atoms with Crippen LogP contribution in [0.25, 0.3) is 0 Å². The molecule has 1 heteroatoms. The highest BCUT2D eigenvalue weighted by molar-refractivity contribution is 5.81. The van der Waals surface area contributed by atoms with Crippen LogP contribution < -0.4 is 0 Å². The van der Waals surface area contributed by atoms with Crippen LogP contribution in [0.1, 0.15) is 19.3 Å². The molecule has 9 heavy (non-hydrogen) atoms.